The predicted molar refractivity (Wildman–Crippen MR) is 82.3 cm³/mol. The summed E-state index contributed by atoms with van der Waals surface area (Å²) in [5.41, 5.74) is 2.34. The highest BCUT2D eigenvalue weighted by atomic mass is 16.6. The fraction of sp³-hybridized carbons (Fsp3) is 0.667. The lowest BCUT2D eigenvalue weighted by molar-refractivity contribution is -0.386. The van der Waals surface area contributed by atoms with Crippen molar-refractivity contribution in [1.29, 1.82) is 0 Å². The Kier molecular flexibility index (Phi) is 5.25. The first-order chi connectivity index (χ1) is 10.0. The first kappa shape index (κ1) is 15.9. The topological polar surface area (TPSA) is 71.3 Å². The number of pyridine rings is 1. The molecule has 1 aliphatic heterocycles. The van der Waals surface area contributed by atoms with Crippen LogP contribution in [0.25, 0.3) is 0 Å². The van der Waals surface area contributed by atoms with E-state index in [1.165, 1.54) is 6.42 Å². The molecule has 1 fully saturated rings. The maximum Gasteiger partial charge on any atom is 0.278 e. The second kappa shape index (κ2) is 6.95. The van der Waals surface area contributed by atoms with Crippen LogP contribution in [-0.4, -0.2) is 41.0 Å². The Hall–Kier alpha value is -1.53. The van der Waals surface area contributed by atoms with Gasteiger partial charge < -0.3 is 5.32 Å². The van der Waals surface area contributed by atoms with Gasteiger partial charge in [-0.1, -0.05) is 0 Å². The lowest BCUT2D eigenvalue weighted by Crippen LogP contribution is -2.32. The van der Waals surface area contributed by atoms with E-state index in [-0.39, 0.29) is 10.6 Å². The van der Waals surface area contributed by atoms with Gasteiger partial charge in [0.05, 0.1) is 10.6 Å². The fourth-order valence-electron chi connectivity index (χ4n) is 3.01. The summed E-state index contributed by atoms with van der Waals surface area (Å²) < 4.78 is 0. The number of hydrogen-bond acceptors (Lipinski definition) is 5. The van der Waals surface area contributed by atoms with E-state index in [0.717, 1.165) is 31.6 Å². The van der Waals surface area contributed by atoms with Crippen molar-refractivity contribution in [3.05, 3.63) is 33.1 Å². The Bertz CT molecular complexity index is 511. The predicted octanol–water partition coefficient (Wildman–Crippen LogP) is 2.18. The van der Waals surface area contributed by atoms with Crippen molar-refractivity contribution in [1.82, 2.24) is 15.2 Å². The summed E-state index contributed by atoms with van der Waals surface area (Å²) in [5.74, 6) is 0. The van der Waals surface area contributed by atoms with Crippen LogP contribution in [0.3, 0.4) is 0 Å². The lowest BCUT2D eigenvalue weighted by atomic mass is 10.1. The van der Waals surface area contributed by atoms with Gasteiger partial charge in [-0.05, 0) is 53.2 Å². The Morgan fingerprint density at radius 1 is 1.43 bits per heavy atom. The van der Waals surface area contributed by atoms with Crippen LogP contribution >= 0.6 is 0 Å². The van der Waals surface area contributed by atoms with Gasteiger partial charge in [-0.25, -0.2) is 0 Å². The molecule has 1 atom stereocenters. The van der Waals surface area contributed by atoms with Gasteiger partial charge in [0.15, 0.2) is 0 Å². The van der Waals surface area contributed by atoms with Gasteiger partial charge in [0, 0.05) is 29.9 Å². The molecule has 0 bridgehead atoms. The summed E-state index contributed by atoms with van der Waals surface area (Å²) in [7, 11) is 2.09. The third-order valence-corrected chi connectivity index (χ3v) is 4.33. The summed E-state index contributed by atoms with van der Waals surface area (Å²) in [6, 6.07) is 0.515. The summed E-state index contributed by atoms with van der Waals surface area (Å²) in [6.07, 6.45) is 5.07. The van der Waals surface area contributed by atoms with E-state index >= 15 is 0 Å². The maximum atomic E-state index is 11.2. The Morgan fingerprint density at radius 3 is 2.90 bits per heavy atom. The molecule has 1 aromatic heterocycles. The number of hydrogen-bond donors (Lipinski definition) is 1. The average Bonchev–Trinajstić information content (AvgIpc) is 2.70. The van der Waals surface area contributed by atoms with Crippen molar-refractivity contribution in [3.8, 4) is 0 Å². The zero-order chi connectivity index (χ0) is 15.4. The summed E-state index contributed by atoms with van der Waals surface area (Å²) in [6.45, 7) is 6.32. The molecule has 116 valence electrons. The zero-order valence-electron chi connectivity index (χ0n) is 13.1. The van der Waals surface area contributed by atoms with Gasteiger partial charge in [0.2, 0.25) is 0 Å². The summed E-state index contributed by atoms with van der Waals surface area (Å²) in [5, 5.41) is 14.6. The minimum Gasteiger partial charge on any atom is -0.317 e. The molecular weight excluding hydrogens is 268 g/mol. The van der Waals surface area contributed by atoms with Gasteiger partial charge in [-0.3, -0.25) is 20.0 Å². The van der Waals surface area contributed by atoms with Crippen molar-refractivity contribution in [2.75, 3.05) is 20.1 Å². The van der Waals surface area contributed by atoms with Crippen molar-refractivity contribution in [2.24, 2.45) is 0 Å². The Balaban J connectivity index is 2.15. The molecule has 6 heteroatoms. The van der Waals surface area contributed by atoms with Crippen LogP contribution in [0.15, 0.2) is 6.20 Å². The van der Waals surface area contributed by atoms with Gasteiger partial charge in [0.25, 0.3) is 5.69 Å². The molecular formula is C15H24N4O2. The average molecular weight is 292 g/mol. The lowest BCUT2D eigenvalue weighted by Gasteiger charge is -2.27. The molecule has 2 heterocycles. The number of nitrogens with one attached hydrogen (secondary N) is 1. The normalized spacial score (nSPS) is 19.5. The van der Waals surface area contributed by atoms with Crippen molar-refractivity contribution >= 4 is 5.69 Å². The minimum atomic E-state index is -0.300. The van der Waals surface area contributed by atoms with Crippen molar-refractivity contribution in [2.45, 2.75) is 45.7 Å². The second-order valence-electron chi connectivity index (χ2n) is 5.87. The van der Waals surface area contributed by atoms with E-state index in [0.29, 0.717) is 23.7 Å². The molecule has 0 aromatic carbocycles. The Labute approximate surface area is 125 Å². The molecule has 1 aromatic rings. The van der Waals surface area contributed by atoms with Crippen LogP contribution < -0.4 is 5.32 Å². The number of nitro groups is 1. The van der Waals surface area contributed by atoms with Crippen LogP contribution in [0.5, 0.6) is 0 Å². The summed E-state index contributed by atoms with van der Waals surface area (Å²) >= 11 is 0. The molecule has 1 unspecified atom stereocenters. The van der Waals surface area contributed by atoms with E-state index in [2.05, 4.69) is 22.2 Å². The molecule has 0 spiro atoms. The summed E-state index contributed by atoms with van der Waals surface area (Å²) in [4.78, 5) is 17.6. The standard InChI is InChI=1S/C15H24N4O2/c1-11-9-17-14(12(2)15(11)19(20)21)10-18(3)13-5-4-7-16-8-6-13/h9,13,16H,4-8,10H2,1-3H3. The Morgan fingerprint density at radius 2 is 2.19 bits per heavy atom. The quantitative estimate of drug-likeness (QED) is 0.680. The molecule has 1 N–H and O–H groups in total. The third kappa shape index (κ3) is 3.77. The largest absolute Gasteiger partial charge is 0.317 e. The number of aromatic nitrogens is 1. The minimum absolute atomic E-state index is 0.205. The highest BCUT2D eigenvalue weighted by molar-refractivity contribution is 5.47. The van der Waals surface area contributed by atoms with Gasteiger partial charge in [0.1, 0.15) is 0 Å². The van der Waals surface area contributed by atoms with Crippen molar-refractivity contribution in [3.63, 3.8) is 0 Å². The molecule has 0 aliphatic carbocycles. The van der Waals surface area contributed by atoms with Crippen LogP contribution in [-0.2, 0) is 6.54 Å². The van der Waals surface area contributed by atoms with Crippen LogP contribution in [0, 0.1) is 24.0 Å². The first-order valence-corrected chi connectivity index (χ1v) is 7.51. The SMILES string of the molecule is Cc1cnc(CN(C)C2CCCNCC2)c(C)c1[N+](=O)[O-]. The molecule has 1 aliphatic rings. The van der Waals surface area contributed by atoms with E-state index in [9.17, 15) is 10.1 Å². The van der Waals surface area contributed by atoms with E-state index < -0.39 is 0 Å². The zero-order valence-corrected chi connectivity index (χ0v) is 13.1. The van der Waals surface area contributed by atoms with Gasteiger partial charge in [-0.15, -0.1) is 0 Å². The van der Waals surface area contributed by atoms with Crippen LogP contribution in [0.4, 0.5) is 5.69 Å². The van der Waals surface area contributed by atoms with Gasteiger partial charge in [-0.2, -0.15) is 0 Å². The van der Waals surface area contributed by atoms with E-state index in [4.69, 9.17) is 0 Å². The smallest absolute Gasteiger partial charge is 0.278 e. The molecule has 0 saturated carbocycles. The molecule has 21 heavy (non-hydrogen) atoms. The second-order valence-corrected chi connectivity index (χ2v) is 5.87. The first-order valence-electron chi connectivity index (χ1n) is 7.51. The molecule has 6 nitrogen and oxygen atoms in total. The number of aryl methyl sites for hydroxylation is 1. The van der Waals surface area contributed by atoms with Crippen molar-refractivity contribution < 1.29 is 4.92 Å². The highest BCUT2D eigenvalue weighted by Gasteiger charge is 2.22. The van der Waals surface area contributed by atoms with Crippen LogP contribution in [0.1, 0.15) is 36.1 Å². The van der Waals surface area contributed by atoms with Gasteiger partial charge >= 0.3 is 0 Å². The molecule has 2 rings (SSSR count). The van der Waals surface area contributed by atoms with Crippen LogP contribution in [0.2, 0.25) is 0 Å². The maximum absolute atomic E-state index is 11.2. The number of rotatable bonds is 4. The molecule has 1 saturated heterocycles. The van der Waals surface area contributed by atoms with E-state index in [1.807, 2.05) is 0 Å². The third-order valence-electron chi connectivity index (χ3n) is 4.33. The highest BCUT2D eigenvalue weighted by Crippen LogP contribution is 2.25. The molecule has 0 radical (unpaired) electrons. The molecule has 0 amide bonds. The fourth-order valence-corrected chi connectivity index (χ4v) is 3.01. The van der Waals surface area contributed by atoms with E-state index in [1.54, 1.807) is 20.0 Å². The number of nitrogens with zero attached hydrogens (tertiary/aromatic N) is 3. The monoisotopic (exact) mass is 292 g/mol.